The van der Waals surface area contributed by atoms with E-state index >= 15 is 0 Å². The van der Waals surface area contributed by atoms with E-state index in [9.17, 15) is 14.5 Å². The van der Waals surface area contributed by atoms with Gasteiger partial charge < -0.3 is 29.7 Å². The van der Waals surface area contributed by atoms with E-state index in [1.54, 1.807) is 7.85 Å². The largest absolute Gasteiger partial charge is 0.387 e. The first-order valence-electron chi connectivity index (χ1n) is 5.65. The highest BCUT2D eigenvalue weighted by Gasteiger charge is 2.41. The Morgan fingerprint density at radius 2 is 2.21 bits per heavy atom. The molecule has 1 unspecified atom stereocenters. The monoisotopic (exact) mass is 293 g/mol. The van der Waals surface area contributed by atoms with Gasteiger partial charge in [-0.1, -0.05) is 0 Å². The molecule has 8 nitrogen and oxygen atoms in total. The van der Waals surface area contributed by atoms with Crippen LogP contribution in [-0.2, 0) is 18.8 Å². The summed E-state index contributed by atoms with van der Waals surface area (Å²) in [6, 6.07) is -0.494. The molecule has 0 aromatic rings. The van der Waals surface area contributed by atoms with Crippen molar-refractivity contribution in [2.75, 3.05) is 13.7 Å². The van der Waals surface area contributed by atoms with Crippen molar-refractivity contribution in [2.24, 2.45) is 0 Å². The van der Waals surface area contributed by atoms with Crippen LogP contribution in [0.1, 0.15) is 0 Å². The van der Waals surface area contributed by atoms with Crippen molar-refractivity contribution in [1.29, 1.82) is 0 Å². The Balaban J connectivity index is 2.60. The second-order valence-corrected chi connectivity index (χ2v) is 5.65. The van der Waals surface area contributed by atoms with Gasteiger partial charge in [0.15, 0.2) is 0 Å². The minimum absolute atomic E-state index is 0.221. The van der Waals surface area contributed by atoms with Crippen LogP contribution < -0.4 is 5.32 Å². The molecule has 1 rings (SSSR count). The van der Waals surface area contributed by atoms with Crippen LogP contribution >= 0.6 is 7.60 Å². The van der Waals surface area contributed by atoms with Crippen molar-refractivity contribution >= 4 is 21.3 Å². The smallest absolute Gasteiger partial charge is 0.348 e. The summed E-state index contributed by atoms with van der Waals surface area (Å²) in [4.78, 5) is 28.5. The lowest BCUT2D eigenvalue weighted by molar-refractivity contribution is -0.129. The molecular weight excluding hydrogens is 276 g/mol. The molecule has 19 heavy (non-hydrogen) atoms. The van der Waals surface area contributed by atoms with Crippen LogP contribution in [0.25, 0.3) is 0 Å². The lowest BCUT2D eigenvalue weighted by Crippen LogP contribution is -2.38. The minimum atomic E-state index is -4.30. The van der Waals surface area contributed by atoms with E-state index in [0.29, 0.717) is 5.82 Å². The van der Waals surface area contributed by atoms with Crippen LogP contribution in [0.4, 0.5) is 0 Å². The third-order valence-electron chi connectivity index (χ3n) is 2.66. The van der Waals surface area contributed by atoms with Crippen LogP contribution in [0.2, 0.25) is 0 Å². The Kier molecular flexibility index (Phi) is 5.72. The van der Waals surface area contributed by atoms with E-state index in [1.807, 2.05) is 0 Å². The van der Waals surface area contributed by atoms with Crippen LogP contribution in [-0.4, -0.2) is 66.6 Å². The number of likely N-dealkylation sites (N-methyl/N-ethyl adjacent to an activating group) is 1. The molecule has 1 aliphatic rings. The molecule has 0 aromatic heterocycles. The normalized spacial score (nSPS) is 31.8. The lowest BCUT2D eigenvalue weighted by Gasteiger charge is -2.17. The van der Waals surface area contributed by atoms with Crippen molar-refractivity contribution in [2.45, 2.75) is 24.3 Å². The van der Waals surface area contributed by atoms with Gasteiger partial charge in [-0.25, -0.2) is 0 Å². The van der Waals surface area contributed by atoms with Gasteiger partial charge in [-0.2, -0.15) is 0 Å². The number of rotatable bonds is 5. The first kappa shape index (κ1) is 16.4. The summed E-state index contributed by atoms with van der Waals surface area (Å²) >= 11 is 0. The molecule has 1 saturated heterocycles. The molecule has 1 fully saturated rings. The first-order valence-corrected chi connectivity index (χ1v) is 7.33. The van der Waals surface area contributed by atoms with E-state index in [4.69, 9.17) is 19.3 Å². The van der Waals surface area contributed by atoms with Crippen molar-refractivity contribution in [3.63, 3.8) is 0 Å². The Morgan fingerprint density at radius 3 is 2.74 bits per heavy atom. The zero-order valence-corrected chi connectivity index (χ0v) is 11.5. The van der Waals surface area contributed by atoms with Gasteiger partial charge in [0.05, 0.1) is 6.00 Å². The number of ether oxygens (including phenoxy) is 2. The Morgan fingerprint density at radius 1 is 1.58 bits per heavy atom. The molecule has 4 atom stereocenters. The molecular formula is C9H17BNO7P. The molecule has 10 heteroatoms. The fraction of sp³-hybridized carbons (Fsp3) is 0.667. The van der Waals surface area contributed by atoms with E-state index in [2.05, 4.69) is 5.32 Å². The number of hydrogen-bond acceptors (Lipinski definition) is 5. The van der Waals surface area contributed by atoms with Crippen molar-refractivity contribution in [3.8, 4) is 0 Å². The molecule has 1 aliphatic heterocycles. The lowest BCUT2D eigenvalue weighted by atomic mass is 9.93. The van der Waals surface area contributed by atoms with Gasteiger partial charge in [0.2, 0.25) is 5.91 Å². The zero-order valence-electron chi connectivity index (χ0n) is 10.6. The van der Waals surface area contributed by atoms with Gasteiger partial charge in [0, 0.05) is 12.9 Å². The van der Waals surface area contributed by atoms with Crippen molar-refractivity contribution < 1.29 is 33.7 Å². The number of carbonyl (C=O) groups is 1. The number of hydrogen-bond donors (Lipinski definition) is 4. The number of nitrogens with one attached hydrogen (secondary N) is 1. The Hall–Kier alpha value is -0.695. The number of aliphatic hydroxyl groups is 1. The van der Waals surface area contributed by atoms with Crippen LogP contribution in [0, 0.1) is 0 Å². The number of amides is 1. The molecule has 0 bridgehead atoms. The fourth-order valence-corrected chi connectivity index (χ4v) is 2.10. The summed E-state index contributed by atoms with van der Waals surface area (Å²) in [6.45, 7) is -0.221. The SMILES string of the molecule is B[C@@H]1O[C@H](/C=C/P(=O)(O)O)[C@H](O)C1OCC(=O)NC. The summed E-state index contributed by atoms with van der Waals surface area (Å²) < 4.78 is 21.2. The third kappa shape index (κ3) is 5.06. The summed E-state index contributed by atoms with van der Waals surface area (Å²) in [5.41, 5.74) is 0. The number of carbonyl (C=O) groups excluding carboxylic acids is 1. The predicted molar refractivity (Wildman–Crippen MR) is 68.2 cm³/mol. The molecule has 0 saturated carbocycles. The van der Waals surface area contributed by atoms with Gasteiger partial charge in [-0.05, 0) is 6.08 Å². The summed E-state index contributed by atoms with van der Waals surface area (Å²) in [5, 5.41) is 12.3. The highest BCUT2D eigenvalue weighted by molar-refractivity contribution is 7.55. The third-order valence-corrected chi connectivity index (χ3v) is 3.22. The molecule has 0 radical (unpaired) electrons. The minimum Gasteiger partial charge on any atom is -0.387 e. The zero-order chi connectivity index (χ0) is 14.6. The Bertz CT molecular complexity index is 398. The highest BCUT2D eigenvalue weighted by atomic mass is 31.2. The van der Waals surface area contributed by atoms with Gasteiger partial charge in [0.1, 0.15) is 32.8 Å². The molecule has 0 aromatic carbocycles. The fourth-order valence-electron chi connectivity index (χ4n) is 1.70. The average molecular weight is 293 g/mol. The summed E-state index contributed by atoms with van der Waals surface area (Å²) in [6.07, 6.45) is -1.60. The van der Waals surface area contributed by atoms with Gasteiger partial charge >= 0.3 is 7.60 Å². The van der Waals surface area contributed by atoms with Crippen LogP contribution in [0.15, 0.2) is 11.9 Å². The van der Waals surface area contributed by atoms with Gasteiger partial charge in [-0.15, -0.1) is 0 Å². The summed E-state index contributed by atoms with van der Waals surface area (Å²) in [7, 11) is -1.19. The standard InChI is InChI=1S/C9H17BNO7P/c1-11-6(12)4-17-8-7(13)5(18-9(8)10)2-3-19(14,15)16/h2-3,5,7-9,13H,4,10H2,1H3,(H,11,12)(H2,14,15,16)/b3-2+/t5-,7+,8?,9-/m1/s1. The predicted octanol–water partition coefficient (Wildman–Crippen LogP) is -2.47. The van der Waals surface area contributed by atoms with Gasteiger partial charge in [-0.3, -0.25) is 9.36 Å². The maximum atomic E-state index is 11.0. The first-order chi connectivity index (χ1) is 8.74. The molecule has 0 spiro atoms. The van der Waals surface area contributed by atoms with Crippen molar-refractivity contribution in [1.82, 2.24) is 5.32 Å². The Labute approximate surface area is 111 Å². The average Bonchev–Trinajstić information content (AvgIpc) is 2.58. The maximum Gasteiger partial charge on any atom is 0.348 e. The second kappa shape index (κ2) is 6.65. The van der Waals surface area contributed by atoms with Crippen LogP contribution in [0.3, 0.4) is 0 Å². The summed E-state index contributed by atoms with van der Waals surface area (Å²) in [5.74, 6) is 0.336. The highest BCUT2D eigenvalue weighted by Crippen LogP contribution is 2.37. The topological polar surface area (TPSA) is 125 Å². The quantitative estimate of drug-likeness (QED) is 0.327. The number of aliphatic hydroxyl groups excluding tert-OH is 1. The molecule has 1 heterocycles. The van der Waals surface area contributed by atoms with E-state index in [0.717, 1.165) is 6.08 Å². The van der Waals surface area contributed by atoms with E-state index in [1.165, 1.54) is 7.05 Å². The second-order valence-electron chi connectivity index (χ2n) is 4.18. The molecule has 108 valence electrons. The molecule has 1 amide bonds. The van der Waals surface area contributed by atoms with Gasteiger partial charge in [0.25, 0.3) is 0 Å². The van der Waals surface area contributed by atoms with Crippen molar-refractivity contribution in [3.05, 3.63) is 11.9 Å². The van der Waals surface area contributed by atoms with E-state index in [-0.39, 0.29) is 12.5 Å². The molecule has 4 N–H and O–H groups in total. The van der Waals surface area contributed by atoms with Crippen LogP contribution in [0.5, 0.6) is 0 Å². The maximum absolute atomic E-state index is 11.0. The van der Waals surface area contributed by atoms with E-state index < -0.39 is 31.9 Å². The molecule has 0 aliphatic carbocycles.